The van der Waals surface area contributed by atoms with Crippen LogP contribution < -0.4 is 15.3 Å². The van der Waals surface area contributed by atoms with Crippen LogP contribution in [0, 0.1) is 0 Å². The molecule has 1 aliphatic rings. The molecule has 20 heteroatoms. The summed E-state index contributed by atoms with van der Waals surface area (Å²) in [4.78, 5) is 43.0. The van der Waals surface area contributed by atoms with Crippen LogP contribution >= 0.6 is 7.75 Å². The maximum absolute atomic E-state index is 14.3. The predicted octanol–water partition coefficient (Wildman–Crippen LogP) is 2.03. The van der Waals surface area contributed by atoms with Crippen molar-refractivity contribution < 1.29 is 65.9 Å². The highest BCUT2D eigenvalue weighted by Gasteiger charge is 2.52. The van der Waals surface area contributed by atoms with E-state index in [1.807, 2.05) is 0 Å². The molecular formula is C33H46N5O14P. The number of nitrogens with two attached hydrogens (primary N) is 1. The highest BCUT2D eigenvalue weighted by molar-refractivity contribution is 7.52. The normalized spacial score (nSPS) is 20.2. The Bertz CT molecular complexity index is 1680. The molecule has 19 nitrogen and oxygen atoms in total. The summed E-state index contributed by atoms with van der Waals surface area (Å²) < 4.78 is 71.4. The summed E-state index contributed by atoms with van der Waals surface area (Å²) in [6.07, 6.45) is -4.34. The Balaban J connectivity index is 1.68. The van der Waals surface area contributed by atoms with Crippen LogP contribution in [0.1, 0.15) is 32.6 Å². The molecule has 0 amide bonds. The minimum Gasteiger partial charge on any atom is -0.462 e. The molecule has 3 aromatic rings. The Morgan fingerprint density at radius 1 is 0.925 bits per heavy atom. The van der Waals surface area contributed by atoms with E-state index < -0.39 is 82.0 Å². The number of benzene rings is 1. The number of fused-ring (bicyclic) bond motifs is 1. The fourth-order valence-electron chi connectivity index (χ4n) is 5.03. The fraction of sp³-hybridized carbons (Fsp3) is 0.545. The Labute approximate surface area is 306 Å². The average Bonchev–Trinajstić information content (AvgIpc) is 3.69. The van der Waals surface area contributed by atoms with E-state index in [9.17, 15) is 18.9 Å². The van der Waals surface area contributed by atoms with Crippen LogP contribution in [0.2, 0.25) is 0 Å². The van der Waals surface area contributed by atoms with E-state index in [1.54, 1.807) is 56.3 Å². The number of nitrogens with zero attached hydrogens (tertiary/aromatic N) is 3. The summed E-state index contributed by atoms with van der Waals surface area (Å²) in [5.74, 6) is -2.04. The quantitative estimate of drug-likeness (QED) is 0.0645. The Hall–Kier alpha value is -4.20. The van der Waals surface area contributed by atoms with E-state index in [1.165, 1.54) is 32.0 Å². The number of hydrogen-bond donors (Lipinski definition) is 2. The third-order valence-corrected chi connectivity index (χ3v) is 9.03. The molecule has 1 fully saturated rings. The zero-order valence-electron chi connectivity index (χ0n) is 30.1. The lowest BCUT2D eigenvalue weighted by Gasteiger charge is -2.26. The first kappa shape index (κ1) is 41.6. The maximum atomic E-state index is 14.3. The molecule has 0 unspecified atom stereocenters. The number of anilines is 1. The molecule has 0 bridgehead atoms. The lowest BCUT2D eigenvalue weighted by atomic mass is 10.1. The number of hydrogen-bond acceptors (Lipinski definition) is 17. The molecule has 53 heavy (non-hydrogen) atoms. The van der Waals surface area contributed by atoms with Crippen molar-refractivity contribution in [3.05, 3.63) is 54.5 Å². The number of para-hydroxylation sites is 1. The Morgan fingerprint density at radius 3 is 2.19 bits per heavy atom. The number of ether oxygens (including phenoxy) is 8. The lowest BCUT2D eigenvalue weighted by Crippen LogP contribution is -2.42. The first-order valence-electron chi connectivity index (χ1n) is 16.7. The summed E-state index contributed by atoms with van der Waals surface area (Å²) in [5.41, 5.74) is 6.84. The summed E-state index contributed by atoms with van der Waals surface area (Å²) in [5, 5.41) is 6.89. The van der Waals surface area contributed by atoms with Gasteiger partial charge in [0.2, 0.25) is 0 Å². The average molecular weight is 768 g/mol. The number of methoxy groups -OCH3 is 2. The van der Waals surface area contributed by atoms with E-state index in [4.69, 9.17) is 52.7 Å². The van der Waals surface area contributed by atoms with Crippen LogP contribution in [0.4, 0.5) is 5.82 Å². The van der Waals surface area contributed by atoms with E-state index in [2.05, 4.69) is 15.2 Å². The van der Waals surface area contributed by atoms with Crippen molar-refractivity contribution in [2.75, 3.05) is 66.2 Å². The molecule has 292 valence electrons. The second kappa shape index (κ2) is 20.3. The molecule has 3 N–H and O–H groups in total. The summed E-state index contributed by atoms with van der Waals surface area (Å²) >= 11 is 0. The molecule has 1 aromatic carbocycles. The smallest absolute Gasteiger partial charge is 0.459 e. The SMILES string of the molecule is COCCOCC(=O)O[C@@H]1[C@H](OC(=O)COCCOC)[C@@H](CO[P@@](=O)(N[C@@H](C)C(=O)OC(C)C)Oc2ccccc2)O[C@H]1c1ccc2c(N)ncnn12. The van der Waals surface area contributed by atoms with Crippen molar-refractivity contribution in [3.63, 3.8) is 0 Å². The van der Waals surface area contributed by atoms with Crippen molar-refractivity contribution in [2.24, 2.45) is 0 Å². The monoisotopic (exact) mass is 767 g/mol. The standard InChI is InChI=1S/C33H46N5O14P/c1-21(2)48-33(41)22(3)37-53(42,52-23-9-7-6-8-10-23)47-17-26-30(50-27(39)18-45-15-13-43-4)31(51-28(40)19-46-16-14-44-5)29(49-26)24-11-12-25-32(34)35-20-36-38(24)25/h6-12,20-22,26,29-31H,13-19H2,1-5H3,(H,37,42)(H2,34,35,36)/t22-,26+,29-,30+,31-,53-/m0/s1. The van der Waals surface area contributed by atoms with E-state index in [0.29, 0.717) is 11.2 Å². The van der Waals surface area contributed by atoms with Gasteiger partial charge in [0.05, 0.1) is 44.8 Å². The fourth-order valence-corrected chi connectivity index (χ4v) is 6.53. The summed E-state index contributed by atoms with van der Waals surface area (Å²) in [7, 11) is -1.46. The third-order valence-electron chi connectivity index (χ3n) is 7.39. The highest BCUT2D eigenvalue weighted by Crippen LogP contribution is 2.47. The molecule has 4 rings (SSSR count). The molecule has 3 heterocycles. The molecule has 0 aliphatic carbocycles. The van der Waals surface area contributed by atoms with E-state index in [0.717, 1.165) is 0 Å². The van der Waals surface area contributed by atoms with E-state index >= 15 is 0 Å². The zero-order valence-corrected chi connectivity index (χ0v) is 31.0. The number of nitrogen functional groups attached to an aromatic ring is 1. The molecular weight excluding hydrogens is 721 g/mol. The number of esters is 3. The number of carbonyl (C=O) groups excluding carboxylic acids is 3. The van der Waals surface area contributed by atoms with Crippen LogP contribution in [0.25, 0.3) is 5.52 Å². The lowest BCUT2D eigenvalue weighted by molar-refractivity contribution is -0.173. The minimum absolute atomic E-state index is 0.0968. The summed E-state index contributed by atoms with van der Waals surface area (Å²) in [6.45, 7) is 3.91. The van der Waals surface area contributed by atoms with Crippen molar-refractivity contribution in [1.29, 1.82) is 0 Å². The second-order valence-electron chi connectivity index (χ2n) is 11.8. The minimum atomic E-state index is -4.42. The van der Waals surface area contributed by atoms with Gasteiger partial charge in [-0.15, -0.1) is 0 Å². The van der Waals surface area contributed by atoms with Gasteiger partial charge in [-0.25, -0.2) is 23.7 Å². The molecule has 1 aliphatic heterocycles. The van der Waals surface area contributed by atoms with Gasteiger partial charge in [-0.1, -0.05) is 18.2 Å². The van der Waals surface area contributed by atoms with Gasteiger partial charge in [-0.2, -0.15) is 10.2 Å². The molecule has 2 aromatic heterocycles. The van der Waals surface area contributed by atoms with Gasteiger partial charge in [0, 0.05) is 14.2 Å². The molecule has 0 spiro atoms. The second-order valence-corrected chi connectivity index (χ2v) is 13.5. The largest absolute Gasteiger partial charge is 0.462 e. The zero-order chi connectivity index (χ0) is 38.4. The predicted molar refractivity (Wildman–Crippen MR) is 185 cm³/mol. The number of carbonyl (C=O) groups is 3. The number of rotatable bonds is 22. The van der Waals surface area contributed by atoms with Gasteiger partial charge >= 0.3 is 25.7 Å². The molecule has 0 radical (unpaired) electrons. The van der Waals surface area contributed by atoms with Gasteiger partial charge in [-0.05, 0) is 45.0 Å². The summed E-state index contributed by atoms with van der Waals surface area (Å²) in [6, 6.07) is 10.2. The van der Waals surface area contributed by atoms with Gasteiger partial charge in [0.15, 0.2) is 18.0 Å². The van der Waals surface area contributed by atoms with Crippen molar-refractivity contribution in [2.45, 2.75) is 57.3 Å². The molecule has 6 atom stereocenters. The van der Waals surface area contributed by atoms with Crippen LogP contribution in [0.5, 0.6) is 5.75 Å². The first-order chi connectivity index (χ1) is 25.4. The van der Waals surface area contributed by atoms with Crippen molar-refractivity contribution in [1.82, 2.24) is 19.7 Å². The van der Waals surface area contributed by atoms with Gasteiger partial charge in [0.25, 0.3) is 0 Å². The van der Waals surface area contributed by atoms with Gasteiger partial charge in [-0.3, -0.25) is 9.32 Å². The van der Waals surface area contributed by atoms with Crippen molar-refractivity contribution >= 4 is 37.0 Å². The third kappa shape index (κ3) is 12.2. The Morgan fingerprint density at radius 2 is 1.57 bits per heavy atom. The Kier molecular flexibility index (Phi) is 15.9. The maximum Gasteiger partial charge on any atom is 0.459 e. The van der Waals surface area contributed by atoms with E-state index in [-0.39, 0.29) is 38.0 Å². The first-order valence-corrected chi connectivity index (χ1v) is 18.2. The topological polar surface area (TPSA) is 229 Å². The van der Waals surface area contributed by atoms with Crippen LogP contribution in [-0.2, 0) is 61.4 Å². The van der Waals surface area contributed by atoms with Crippen molar-refractivity contribution in [3.8, 4) is 5.75 Å². The van der Waals surface area contributed by atoms with Crippen LogP contribution in [0.15, 0.2) is 48.8 Å². The molecule has 0 saturated carbocycles. The van der Waals surface area contributed by atoms with Gasteiger partial charge in [0.1, 0.15) is 49.1 Å². The van der Waals surface area contributed by atoms with Gasteiger partial charge < -0.3 is 48.2 Å². The highest BCUT2D eigenvalue weighted by atomic mass is 31.2. The van der Waals surface area contributed by atoms with Crippen LogP contribution in [-0.4, -0.2) is 123 Å². The van der Waals surface area contributed by atoms with Crippen LogP contribution in [0.3, 0.4) is 0 Å². The molecule has 1 saturated heterocycles. The number of nitrogens with one attached hydrogen (secondary N) is 1. The number of aromatic nitrogens is 3.